The first-order valence-corrected chi connectivity index (χ1v) is 3.50. The Balaban J connectivity index is 3.07. The molecule has 0 spiro atoms. The number of carbonyl (C=O) groups excluding carboxylic acids is 1. The number of nitrogens with two attached hydrogens (primary N) is 1. The van der Waals surface area contributed by atoms with E-state index in [0.717, 1.165) is 0 Å². The van der Waals surface area contributed by atoms with Crippen molar-refractivity contribution in [1.29, 1.82) is 5.26 Å². The molecule has 6 nitrogen and oxygen atoms in total. The zero-order chi connectivity index (χ0) is 9.84. The molecule has 66 valence electrons. The van der Waals surface area contributed by atoms with Gasteiger partial charge in [-0.25, -0.2) is 9.97 Å². The number of anilines is 1. The number of nitrogens with one attached hydrogen (secondary N) is 1. The maximum Gasteiger partial charge on any atom is 0.286 e. The average molecular weight is 198 g/mol. The predicted octanol–water partition coefficient (Wildman–Crippen LogP) is -0.0769. The van der Waals surface area contributed by atoms with E-state index in [0.29, 0.717) is 0 Å². The monoisotopic (exact) mass is 197 g/mol. The highest BCUT2D eigenvalue weighted by Crippen LogP contribution is 2.09. The summed E-state index contributed by atoms with van der Waals surface area (Å²) in [4.78, 5) is 18.2. The molecule has 0 bridgehead atoms. The van der Waals surface area contributed by atoms with Gasteiger partial charge in [-0.15, -0.1) is 0 Å². The molecular formula is C6H4ClN5O. The third-order valence-corrected chi connectivity index (χ3v) is 1.34. The number of nitriles is 1. The Kier molecular flexibility index (Phi) is 2.62. The van der Waals surface area contributed by atoms with E-state index < -0.39 is 5.91 Å². The van der Waals surface area contributed by atoms with Gasteiger partial charge >= 0.3 is 0 Å². The summed E-state index contributed by atoms with van der Waals surface area (Å²) in [6.45, 7) is 0. The van der Waals surface area contributed by atoms with Crippen molar-refractivity contribution in [1.82, 2.24) is 15.3 Å². The van der Waals surface area contributed by atoms with Crippen molar-refractivity contribution >= 4 is 23.3 Å². The van der Waals surface area contributed by atoms with E-state index in [-0.39, 0.29) is 16.7 Å². The standard InChI is InChI=1S/C6H4ClN5O/c7-3-1-10-5(9)4(12-3)6(13)11-2-8/h1H,(H2,9,10)(H,11,13). The van der Waals surface area contributed by atoms with Gasteiger partial charge < -0.3 is 5.73 Å². The van der Waals surface area contributed by atoms with Gasteiger partial charge in [0.15, 0.2) is 17.7 Å². The highest BCUT2D eigenvalue weighted by atomic mass is 35.5. The summed E-state index contributed by atoms with van der Waals surface area (Å²) in [5.74, 6) is -0.799. The van der Waals surface area contributed by atoms with Gasteiger partial charge in [-0.05, 0) is 0 Å². The van der Waals surface area contributed by atoms with Crippen LogP contribution in [0.1, 0.15) is 10.5 Å². The Bertz CT molecular complexity index is 385. The lowest BCUT2D eigenvalue weighted by Gasteiger charge is -1.99. The molecule has 0 aliphatic carbocycles. The number of carbonyl (C=O) groups is 1. The van der Waals surface area contributed by atoms with Gasteiger partial charge in [0.1, 0.15) is 5.15 Å². The average Bonchev–Trinajstić information content (AvgIpc) is 2.09. The minimum absolute atomic E-state index is 0.0392. The Morgan fingerprint density at radius 1 is 1.77 bits per heavy atom. The van der Waals surface area contributed by atoms with Crippen molar-refractivity contribution < 1.29 is 4.79 Å². The van der Waals surface area contributed by atoms with Crippen LogP contribution in [0.15, 0.2) is 6.20 Å². The van der Waals surface area contributed by atoms with Crippen LogP contribution >= 0.6 is 11.6 Å². The Morgan fingerprint density at radius 2 is 2.46 bits per heavy atom. The molecule has 13 heavy (non-hydrogen) atoms. The lowest BCUT2D eigenvalue weighted by Crippen LogP contribution is -2.21. The predicted molar refractivity (Wildman–Crippen MR) is 44.5 cm³/mol. The zero-order valence-corrected chi connectivity index (χ0v) is 7.04. The summed E-state index contributed by atoms with van der Waals surface area (Å²) < 4.78 is 0. The molecule has 0 unspecified atom stereocenters. The SMILES string of the molecule is N#CNC(=O)c1nc(Cl)cnc1N. The van der Waals surface area contributed by atoms with Gasteiger partial charge in [-0.2, -0.15) is 5.26 Å². The Labute approximate surface area is 78.3 Å². The lowest BCUT2D eigenvalue weighted by atomic mass is 10.4. The Hall–Kier alpha value is -1.87. The number of nitrogens with zero attached hydrogens (tertiary/aromatic N) is 3. The number of amides is 1. The second-order valence-electron chi connectivity index (χ2n) is 1.99. The first-order chi connectivity index (χ1) is 6.15. The highest BCUT2D eigenvalue weighted by Gasteiger charge is 2.12. The number of halogens is 1. The van der Waals surface area contributed by atoms with Crippen molar-refractivity contribution in [3.05, 3.63) is 17.0 Å². The third kappa shape index (κ3) is 2.04. The Morgan fingerprint density at radius 3 is 3.08 bits per heavy atom. The molecule has 0 aliphatic rings. The second kappa shape index (κ2) is 3.69. The topological polar surface area (TPSA) is 105 Å². The van der Waals surface area contributed by atoms with Gasteiger partial charge in [0.05, 0.1) is 6.20 Å². The quantitative estimate of drug-likeness (QED) is 0.484. The summed E-state index contributed by atoms with van der Waals surface area (Å²) in [5, 5.41) is 10.0. The van der Waals surface area contributed by atoms with Crippen LogP contribution in [-0.4, -0.2) is 15.9 Å². The van der Waals surface area contributed by atoms with Crippen molar-refractivity contribution in [2.45, 2.75) is 0 Å². The lowest BCUT2D eigenvalue weighted by molar-refractivity contribution is 0.0968. The molecule has 0 fully saturated rings. The van der Waals surface area contributed by atoms with Crippen LogP contribution < -0.4 is 11.1 Å². The molecule has 7 heteroatoms. The minimum atomic E-state index is -0.727. The summed E-state index contributed by atoms with van der Waals surface area (Å²) >= 11 is 5.47. The van der Waals surface area contributed by atoms with Crippen LogP contribution in [0, 0.1) is 11.5 Å². The molecule has 0 aromatic carbocycles. The number of hydrogen-bond acceptors (Lipinski definition) is 5. The van der Waals surface area contributed by atoms with E-state index in [9.17, 15) is 4.79 Å². The molecule has 1 rings (SSSR count). The van der Waals surface area contributed by atoms with Crippen LogP contribution in [0.5, 0.6) is 0 Å². The van der Waals surface area contributed by atoms with Gasteiger partial charge in [-0.1, -0.05) is 11.6 Å². The van der Waals surface area contributed by atoms with E-state index in [1.54, 1.807) is 0 Å². The van der Waals surface area contributed by atoms with Crippen LogP contribution in [0.25, 0.3) is 0 Å². The molecule has 0 radical (unpaired) electrons. The number of hydrogen-bond donors (Lipinski definition) is 2. The van der Waals surface area contributed by atoms with Crippen LogP contribution in [0.4, 0.5) is 5.82 Å². The van der Waals surface area contributed by atoms with Crippen molar-refractivity contribution in [3.63, 3.8) is 0 Å². The van der Waals surface area contributed by atoms with Gasteiger partial charge in [0.2, 0.25) is 0 Å². The maximum atomic E-state index is 11.0. The van der Waals surface area contributed by atoms with Crippen LogP contribution in [0.3, 0.4) is 0 Å². The van der Waals surface area contributed by atoms with E-state index in [4.69, 9.17) is 22.6 Å². The fourth-order valence-electron chi connectivity index (χ4n) is 0.654. The fraction of sp³-hybridized carbons (Fsp3) is 0. The zero-order valence-electron chi connectivity index (χ0n) is 6.28. The van der Waals surface area contributed by atoms with E-state index >= 15 is 0 Å². The van der Waals surface area contributed by atoms with Gasteiger partial charge in [0, 0.05) is 0 Å². The summed E-state index contributed by atoms with van der Waals surface area (Å²) in [7, 11) is 0. The molecule has 0 aliphatic heterocycles. The smallest absolute Gasteiger partial charge is 0.286 e. The van der Waals surface area contributed by atoms with Crippen molar-refractivity contribution in [2.75, 3.05) is 5.73 Å². The van der Waals surface area contributed by atoms with Crippen molar-refractivity contribution in [3.8, 4) is 6.19 Å². The van der Waals surface area contributed by atoms with E-state index in [1.165, 1.54) is 12.4 Å². The van der Waals surface area contributed by atoms with Gasteiger partial charge in [0.25, 0.3) is 5.91 Å². The maximum absolute atomic E-state index is 11.0. The van der Waals surface area contributed by atoms with Crippen LogP contribution in [-0.2, 0) is 0 Å². The molecule has 1 heterocycles. The van der Waals surface area contributed by atoms with Crippen LogP contribution in [0.2, 0.25) is 5.15 Å². The highest BCUT2D eigenvalue weighted by molar-refractivity contribution is 6.29. The molecule has 1 aromatic rings. The molecular weight excluding hydrogens is 194 g/mol. The minimum Gasteiger partial charge on any atom is -0.382 e. The molecule has 0 saturated carbocycles. The normalized spacial score (nSPS) is 8.92. The molecule has 0 atom stereocenters. The largest absolute Gasteiger partial charge is 0.382 e. The second-order valence-corrected chi connectivity index (χ2v) is 2.38. The fourth-order valence-corrected chi connectivity index (χ4v) is 0.787. The van der Waals surface area contributed by atoms with Crippen molar-refractivity contribution in [2.24, 2.45) is 0 Å². The first-order valence-electron chi connectivity index (χ1n) is 3.12. The first kappa shape index (κ1) is 9.22. The summed E-state index contributed by atoms with van der Waals surface area (Å²) in [6, 6.07) is 0. The number of rotatable bonds is 1. The molecule has 1 amide bonds. The summed E-state index contributed by atoms with van der Waals surface area (Å²) in [6.07, 6.45) is 2.66. The number of nitrogen functional groups attached to an aromatic ring is 1. The molecule has 1 aromatic heterocycles. The van der Waals surface area contributed by atoms with Gasteiger partial charge in [-0.3, -0.25) is 10.1 Å². The molecule has 0 saturated heterocycles. The third-order valence-electron chi connectivity index (χ3n) is 1.16. The van der Waals surface area contributed by atoms with E-state index in [1.807, 2.05) is 5.32 Å². The molecule has 3 N–H and O–H groups in total. The van der Waals surface area contributed by atoms with E-state index in [2.05, 4.69) is 9.97 Å². The number of aromatic nitrogens is 2. The summed E-state index contributed by atoms with van der Waals surface area (Å²) in [5.41, 5.74) is 5.16.